The SMILES string of the molecule is COc1cc(OC)nc(OC(CNc2ccccc2)C(C)C)n1.COc1cc(OC)nc(OC(CNc2ccccc2)C(C)C)n1. The molecule has 0 aliphatic heterocycles. The van der Waals surface area contributed by atoms with Crippen molar-refractivity contribution in [3.8, 4) is 35.5 Å². The lowest BCUT2D eigenvalue weighted by Crippen LogP contribution is -2.32. The van der Waals surface area contributed by atoms with Crippen LogP contribution in [0.2, 0.25) is 0 Å². The Morgan fingerprint density at radius 2 is 0.804 bits per heavy atom. The van der Waals surface area contributed by atoms with Crippen molar-refractivity contribution in [1.82, 2.24) is 19.9 Å². The van der Waals surface area contributed by atoms with Crippen molar-refractivity contribution < 1.29 is 28.4 Å². The molecule has 2 atom stereocenters. The normalized spacial score (nSPS) is 11.9. The molecule has 12 heteroatoms. The summed E-state index contributed by atoms with van der Waals surface area (Å²) in [6.45, 7) is 9.65. The Morgan fingerprint density at radius 1 is 0.500 bits per heavy atom. The van der Waals surface area contributed by atoms with Crippen LogP contribution in [-0.2, 0) is 0 Å². The van der Waals surface area contributed by atoms with Crippen LogP contribution >= 0.6 is 0 Å². The Hall–Kier alpha value is -5.00. The van der Waals surface area contributed by atoms with Crippen LogP contribution in [0.4, 0.5) is 11.4 Å². The summed E-state index contributed by atoms with van der Waals surface area (Å²) in [5.41, 5.74) is 2.09. The highest BCUT2D eigenvalue weighted by Crippen LogP contribution is 2.22. The van der Waals surface area contributed by atoms with Gasteiger partial charge in [0, 0.05) is 11.4 Å². The van der Waals surface area contributed by atoms with Crippen LogP contribution in [-0.4, -0.2) is 73.7 Å². The van der Waals surface area contributed by atoms with Crippen molar-refractivity contribution in [3.63, 3.8) is 0 Å². The van der Waals surface area contributed by atoms with E-state index in [0.717, 1.165) is 11.4 Å². The molecule has 2 unspecified atom stereocenters. The van der Waals surface area contributed by atoms with E-state index in [1.807, 2.05) is 60.7 Å². The fourth-order valence-corrected chi connectivity index (χ4v) is 3.94. The summed E-state index contributed by atoms with van der Waals surface area (Å²) in [5.74, 6) is 2.20. The zero-order valence-electron chi connectivity index (χ0n) is 27.9. The van der Waals surface area contributed by atoms with Gasteiger partial charge < -0.3 is 39.1 Å². The van der Waals surface area contributed by atoms with E-state index in [1.54, 1.807) is 40.6 Å². The Labute approximate surface area is 271 Å². The number of para-hydroxylation sites is 2. The number of nitrogens with zero attached hydrogens (tertiary/aromatic N) is 4. The maximum atomic E-state index is 5.94. The predicted octanol–water partition coefficient (Wildman–Crippen LogP) is 6.02. The molecule has 0 amide bonds. The van der Waals surface area contributed by atoms with Gasteiger partial charge in [0.15, 0.2) is 0 Å². The third-order valence-corrected chi connectivity index (χ3v) is 6.72. The van der Waals surface area contributed by atoms with Crippen molar-refractivity contribution in [2.24, 2.45) is 11.8 Å². The average molecular weight is 635 g/mol. The highest BCUT2D eigenvalue weighted by Gasteiger charge is 2.19. The first-order valence-corrected chi connectivity index (χ1v) is 15.1. The molecule has 0 fully saturated rings. The average Bonchev–Trinajstić information content (AvgIpc) is 3.08. The lowest BCUT2D eigenvalue weighted by atomic mass is 10.1. The van der Waals surface area contributed by atoms with Gasteiger partial charge in [-0.2, -0.15) is 19.9 Å². The first kappa shape index (κ1) is 35.5. The number of hydrogen-bond acceptors (Lipinski definition) is 12. The Balaban J connectivity index is 0.000000250. The molecule has 2 N–H and O–H groups in total. The lowest BCUT2D eigenvalue weighted by Gasteiger charge is -2.22. The number of methoxy groups -OCH3 is 4. The minimum atomic E-state index is -0.0907. The fourth-order valence-electron chi connectivity index (χ4n) is 3.94. The molecule has 12 nitrogen and oxygen atoms in total. The van der Waals surface area contributed by atoms with Crippen LogP contribution in [0.3, 0.4) is 0 Å². The number of anilines is 2. The molecule has 0 aliphatic carbocycles. The molecule has 46 heavy (non-hydrogen) atoms. The molecule has 248 valence electrons. The smallest absolute Gasteiger partial charge is 0.323 e. The van der Waals surface area contributed by atoms with Crippen LogP contribution in [0.15, 0.2) is 72.8 Å². The molecule has 0 spiro atoms. The first-order valence-electron chi connectivity index (χ1n) is 15.1. The molecule has 0 bridgehead atoms. The molecular weight excluding hydrogens is 588 g/mol. The lowest BCUT2D eigenvalue weighted by molar-refractivity contribution is 0.146. The highest BCUT2D eigenvalue weighted by atomic mass is 16.5. The van der Waals surface area contributed by atoms with Gasteiger partial charge in [0.25, 0.3) is 0 Å². The molecule has 4 rings (SSSR count). The van der Waals surface area contributed by atoms with Gasteiger partial charge in [0.1, 0.15) is 12.2 Å². The van der Waals surface area contributed by atoms with Crippen LogP contribution in [0.5, 0.6) is 35.5 Å². The van der Waals surface area contributed by atoms with E-state index in [-0.39, 0.29) is 36.1 Å². The molecule has 2 aromatic heterocycles. The first-order chi connectivity index (χ1) is 22.2. The van der Waals surface area contributed by atoms with Crippen molar-refractivity contribution >= 4 is 11.4 Å². The molecule has 0 radical (unpaired) electrons. The van der Waals surface area contributed by atoms with Crippen molar-refractivity contribution in [2.45, 2.75) is 39.9 Å². The number of ether oxygens (including phenoxy) is 6. The minimum absolute atomic E-state index is 0.0907. The molecule has 0 saturated carbocycles. The Morgan fingerprint density at radius 3 is 1.07 bits per heavy atom. The molecule has 4 aromatic rings. The van der Waals surface area contributed by atoms with E-state index in [2.05, 4.69) is 58.3 Å². The van der Waals surface area contributed by atoms with Crippen LogP contribution in [0.25, 0.3) is 0 Å². The van der Waals surface area contributed by atoms with Crippen LogP contribution < -0.4 is 39.1 Å². The largest absolute Gasteiger partial charge is 0.481 e. The summed E-state index contributed by atoms with van der Waals surface area (Å²) in [7, 11) is 6.18. The van der Waals surface area contributed by atoms with Crippen molar-refractivity contribution in [3.05, 3.63) is 72.8 Å². The van der Waals surface area contributed by atoms with E-state index < -0.39 is 0 Å². The van der Waals surface area contributed by atoms with Gasteiger partial charge >= 0.3 is 12.0 Å². The zero-order valence-corrected chi connectivity index (χ0v) is 27.9. The highest BCUT2D eigenvalue weighted by molar-refractivity contribution is 5.43. The van der Waals surface area contributed by atoms with E-state index in [4.69, 9.17) is 28.4 Å². The quantitative estimate of drug-likeness (QED) is 0.149. The van der Waals surface area contributed by atoms with Gasteiger partial charge in [0.2, 0.25) is 23.5 Å². The third kappa shape index (κ3) is 11.8. The molecule has 0 saturated heterocycles. The van der Waals surface area contributed by atoms with Gasteiger partial charge in [-0.1, -0.05) is 64.1 Å². The van der Waals surface area contributed by atoms with E-state index in [0.29, 0.717) is 36.6 Å². The monoisotopic (exact) mass is 634 g/mol. The topological polar surface area (TPSA) is 131 Å². The number of benzene rings is 2. The van der Waals surface area contributed by atoms with Crippen molar-refractivity contribution in [2.75, 3.05) is 52.2 Å². The fraction of sp³-hybridized carbons (Fsp3) is 0.412. The standard InChI is InChI=1S/2C17H23N3O3/c2*1-12(2)14(11-18-13-8-6-5-7-9-13)23-17-19-15(21-3)10-16(20-17)22-4/h2*5-10,12,14,18H,11H2,1-4H3. The summed E-state index contributed by atoms with van der Waals surface area (Å²) in [4.78, 5) is 16.9. The summed E-state index contributed by atoms with van der Waals surface area (Å²) in [5, 5.41) is 6.72. The summed E-state index contributed by atoms with van der Waals surface area (Å²) in [6, 6.07) is 23.7. The van der Waals surface area contributed by atoms with Crippen molar-refractivity contribution in [1.29, 1.82) is 0 Å². The molecule has 2 aromatic carbocycles. The number of hydrogen-bond donors (Lipinski definition) is 2. The zero-order chi connectivity index (χ0) is 33.3. The summed E-state index contributed by atoms with van der Waals surface area (Å²) in [6.07, 6.45) is -0.181. The van der Waals surface area contributed by atoms with E-state index >= 15 is 0 Å². The van der Waals surface area contributed by atoms with Gasteiger partial charge in [-0.25, -0.2) is 0 Å². The number of rotatable bonds is 16. The number of nitrogens with one attached hydrogen (secondary N) is 2. The second-order valence-corrected chi connectivity index (χ2v) is 10.8. The van der Waals surface area contributed by atoms with E-state index in [1.165, 1.54) is 0 Å². The summed E-state index contributed by atoms with van der Waals surface area (Å²) < 4.78 is 32.4. The maximum Gasteiger partial charge on any atom is 0.323 e. The van der Waals surface area contributed by atoms with Gasteiger partial charge in [-0.05, 0) is 36.1 Å². The van der Waals surface area contributed by atoms with E-state index in [9.17, 15) is 0 Å². The number of aromatic nitrogens is 4. The van der Waals surface area contributed by atoms with Crippen LogP contribution in [0.1, 0.15) is 27.7 Å². The van der Waals surface area contributed by atoms with Gasteiger partial charge in [-0.3, -0.25) is 0 Å². The minimum Gasteiger partial charge on any atom is -0.481 e. The molecule has 0 aliphatic rings. The second kappa shape index (κ2) is 18.7. The predicted molar refractivity (Wildman–Crippen MR) is 179 cm³/mol. The Bertz CT molecular complexity index is 1280. The third-order valence-electron chi connectivity index (χ3n) is 6.72. The second-order valence-electron chi connectivity index (χ2n) is 10.8. The van der Waals surface area contributed by atoms with Crippen LogP contribution in [0, 0.1) is 11.8 Å². The summed E-state index contributed by atoms with van der Waals surface area (Å²) >= 11 is 0. The Kier molecular flexibility index (Phi) is 14.4. The van der Waals surface area contributed by atoms with Gasteiger partial charge in [0.05, 0.1) is 53.7 Å². The van der Waals surface area contributed by atoms with Gasteiger partial charge in [-0.15, -0.1) is 0 Å². The molecular formula is C34H46N6O6. The molecule has 2 heterocycles. The maximum absolute atomic E-state index is 5.94.